The van der Waals surface area contributed by atoms with Gasteiger partial charge in [-0.3, -0.25) is 9.59 Å². The van der Waals surface area contributed by atoms with Gasteiger partial charge in [0.25, 0.3) is 5.91 Å². The van der Waals surface area contributed by atoms with Crippen LogP contribution < -0.4 is 5.32 Å². The van der Waals surface area contributed by atoms with Gasteiger partial charge in [-0.25, -0.2) is 9.37 Å². The van der Waals surface area contributed by atoms with Gasteiger partial charge in [-0.1, -0.05) is 11.6 Å². The molecule has 0 bridgehead atoms. The summed E-state index contributed by atoms with van der Waals surface area (Å²) in [6.45, 7) is 0.838. The fraction of sp³-hybridized carbons (Fsp3) is 0.462. The van der Waals surface area contributed by atoms with Crippen LogP contribution >= 0.6 is 11.6 Å². The number of aromatic nitrogens is 1. The van der Waals surface area contributed by atoms with E-state index in [4.69, 9.17) is 11.6 Å². The highest BCUT2D eigenvalue weighted by molar-refractivity contribution is 6.32. The van der Waals surface area contributed by atoms with Crippen LogP contribution in [-0.4, -0.2) is 41.8 Å². The summed E-state index contributed by atoms with van der Waals surface area (Å²) in [6, 6.07) is 1.07. The van der Waals surface area contributed by atoms with Gasteiger partial charge in [0.15, 0.2) is 0 Å². The molecule has 1 saturated heterocycles. The fourth-order valence-corrected chi connectivity index (χ4v) is 2.51. The Morgan fingerprint density at radius 3 is 3.00 bits per heavy atom. The van der Waals surface area contributed by atoms with Crippen LogP contribution in [0.25, 0.3) is 0 Å². The van der Waals surface area contributed by atoms with E-state index >= 15 is 0 Å². The summed E-state index contributed by atoms with van der Waals surface area (Å²) in [5, 5.41) is 2.55. The Hall–Kier alpha value is -1.69. The second-order valence-electron chi connectivity index (χ2n) is 4.70. The molecule has 2 heterocycles. The average Bonchev–Trinajstić information content (AvgIpc) is 2.48. The second kappa shape index (κ2) is 6.17. The molecule has 0 radical (unpaired) electrons. The molecule has 1 atom stereocenters. The normalized spacial score (nSPS) is 18.8. The zero-order valence-electron chi connectivity index (χ0n) is 11.0. The first-order chi connectivity index (χ1) is 9.52. The lowest BCUT2D eigenvalue weighted by Gasteiger charge is -2.31. The highest BCUT2D eigenvalue weighted by Gasteiger charge is 2.29. The monoisotopic (exact) mass is 299 g/mol. The summed E-state index contributed by atoms with van der Waals surface area (Å²) in [5.41, 5.74) is 0.0317. The largest absolute Gasteiger partial charge is 0.359 e. The van der Waals surface area contributed by atoms with Crippen molar-refractivity contribution in [3.05, 3.63) is 28.8 Å². The molecule has 2 amide bonds. The summed E-state index contributed by atoms with van der Waals surface area (Å²) in [7, 11) is 1.57. The molecule has 5 nitrogen and oxygen atoms in total. The Balaban J connectivity index is 2.16. The van der Waals surface area contributed by atoms with Crippen molar-refractivity contribution in [2.45, 2.75) is 12.8 Å². The molecule has 1 unspecified atom stereocenters. The molecular weight excluding hydrogens is 285 g/mol. The summed E-state index contributed by atoms with van der Waals surface area (Å²) in [5.74, 6) is -1.34. The van der Waals surface area contributed by atoms with E-state index in [9.17, 15) is 14.0 Å². The summed E-state index contributed by atoms with van der Waals surface area (Å²) in [6.07, 6.45) is 2.42. The lowest BCUT2D eigenvalue weighted by atomic mass is 9.96. The summed E-state index contributed by atoms with van der Waals surface area (Å²) < 4.78 is 13.2. The van der Waals surface area contributed by atoms with E-state index in [0.717, 1.165) is 25.1 Å². The van der Waals surface area contributed by atoms with Crippen LogP contribution in [0.4, 0.5) is 4.39 Å². The highest BCUT2D eigenvalue weighted by atomic mass is 35.5. The Kier molecular flexibility index (Phi) is 4.54. The van der Waals surface area contributed by atoms with Crippen LogP contribution in [0.1, 0.15) is 23.2 Å². The number of nitrogens with zero attached hydrogens (tertiary/aromatic N) is 2. The van der Waals surface area contributed by atoms with Crippen LogP contribution in [0, 0.1) is 11.7 Å². The molecule has 1 aromatic heterocycles. The molecular formula is C13H15ClFN3O2. The number of nitrogens with one attached hydrogen (secondary N) is 1. The minimum Gasteiger partial charge on any atom is -0.359 e. The van der Waals surface area contributed by atoms with Crippen LogP contribution in [-0.2, 0) is 4.79 Å². The first-order valence-electron chi connectivity index (χ1n) is 6.35. The minimum absolute atomic E-state index is 0.0292. The van der Waals surface area contributed by atoms with E-state index in [1.54, 1.807) is 7.05 Å². The number of piperidine rings is 1. The van der Waals surface area contributed by atoms with Gasteiger partial charge in [0.1, 0.15) is 11.0 Å². The first kappa shape index (κ1) is 14.7. The third-order valence-corrected chi connectivity index (χ3v) is 3.66. The molecule has 1 aliphatic heterocycles. The topological polar surface area (TPSA) is 62.3 Å². The second-order valence-corrected chi connectivity index (χ2v) is 5.05. The van der Waals surface area contributed by atoms with Gasteiger partial charge in [-0.05, 0) is 18.9 Å². The van der Waals surface area contributed by atoms with Crippen molar-refractivity contribution in [3.63, 3.8) is 0 Å². The maximum absolute atomic E-state index is 13.2. The summed E-state index contributed by atoms with van der Waals surface area (Å²) >= 11 is 5.83. The molecule has 1 fully saturated rings. The van der Waals surface area contributed by atoms with Gasteiger partial charge in [-0.15, -0.1) is 0 Å². The van der Waals surface area contributed by atoms with Crippen molar-refractivity contribution in [2.24, 2.45) is 5.92 Å². The van der Waals surface area contributed by atoms with Crippen molar-refractivity contribution in [3.8, 4) is 0 Å². The number of carbonyl (C=O) groups is 2. The van der Waals surface area contributed by atoms with Crippen molar-refractivity contribution in [2.75, 3.05) is 20.1 Å². The third kappa shape index (κ3) is 3.07. The quantitative estimate of drug-likeness (QED) is 0.841. The van der Waals surface area contributed by atoms with Crippen LogP contribution in [0.5, 0.6) is 0 Å². The van der Waals surface area contributed by atoms with Crippen LogP contribution in [0.2, 0.25) is 5.15 Å². The van der Waals surface area contributed by atoms with E-state index in [0.29, 0.717) is 13.1 Å². The van der Waals surface area contributed by atoms with E-state index in [2.05, 4.69) is 10.3 Å². The van der Waals surface area contributed by atoms with E-state index in [-0.39, 0.29) is 22.5 Å². The number of amides is 2. The highest BCUT2D eigenvalue weighted by Crippen LogP contribution is 2.21. The summed E-state index contributed by atoms with van der Waals surface area (Å²) in [4.78, 5) is 29.1. The first-order valence-corrected chi connectivity index (χ1v) is 6.72. The predicted octanol–water partition coefficient (Wildman–Crippen LogP) is 1.47. The zero-order valence-corrected chi connectivity index (χ0v) is 11.8. The smallest absolute Gasteiger partial charge is 0.257 e. The molecule has 20 heavy (non-hydrogen) atoms. The van der Waals surface area contributed by atoms with Gasteiger partial charge in [-0.2, -0.15) is 0 Å². The zero-order chi connectivity index (χ0) is 14.7. The fourth-order valence-electron chi connectivity index (χ4n) is 2.32. The molecule has 0 aromatic carbocycles. The van der Waals surface area contributed by atoms with Gasteiger partial charge < -0.3 is 10.2 Å². The molecule has 2 rings (SSSR count). The van der Waals surface area contributed by atoms with Crippen LogP contribution in [0.3, 0.4) is 0 Å². The average molecular weight is 300 g/mol. The van der Waals surface area contributed by atoms with Gasteiger partial charge >= 0.3 is 0 Å². The minimum atomic E-state index is -0.613. The number of likely N-dealkylation sites (tertiary alicyclic amines) is 1. The van der Waals surface area contributed by atoms with Gasteiger partial charge in [0.2, 0.25) is 5.91 Å². The predicted molar refractivity (Wildman–Crippen MR) is 71.9 cm³/mol. The Bertz CT molecular complexity index is 538. The molecule has 1 aliphatic rings. The molecule has 1 aromatic rings. The number of pyridine rings is 1. The SMILES string of the molecule is CNC(=O)C1CCCN(C(=O)c2cc(F)cnc2Cl)C1. The number of carbonyl (C=O) groups excluding carboxylic acids is 2. The number of rotatable bonds is 2. The number of halogens is 2. The molecule has 108 valence electrons. The standard InChI is InChI=1S/C13H15ClFN3O2/c1-16-12(19)8-3-2-4-18(7-8)13(20)10-5-9(15)6-17-11(10)14/h5-6,8H,2-4,7H2,1H3,(H,16,19). The van der Waals surface area contributed by atoms with E-state index < -0.39 is 11.7 Å². The Labute approximate surface area is 121 Å². The molecule has 0 aliphatic carbocycles. The molecule has 0 spiro atoms. The van der Waals surface area contributed by atoms with Crippen molar-refractivity contribution < 1.29 is 14.0 Å². The maximum Gasteiger partial charge on any atom is 0.257 e. The lowest BCUT2D eigenvalue weighted by molar-refractivity contribution is -0.125. The number of hydrogen-bond acceptors (Lipinski definition) is 3. The van der Waals surface area contributed by atoms with Gasteiger partial charge in [0, 0.05) is 20.1 Å². The van der Waals surface area contributed by atoms with Crippen molar-refractivity contribution in [1.29, 1.82) is 0 Å². The van der Waals surface area contributed by atoms with E-state index in [1.807, 2.05) is 0 Å². The van der Waals surface area contributed by atoms with E-state index in [1.165, 1.54) is 4.90 Å². The lowest BCUT2D eigenvalue weighted by Crippen LogP contribution is -2.44. The van der Waals surface area contributed by atoms with Crippen molar-refractivity contribution in [1.82, 2.24) is 15.2 Å². The maximum atomic E-state index is 13.2. The van der Waals surface area contributed by atoms with Gasteiger partial charge in [0.05, 0.1) is 17.7 Å². The number of hydrogen-bond donors (Lipinski definition) is 1. The molecule has 1 N–H and O–H groups in total. The van der Waals surface area contributed by atoms with Crippen molar-refractivity contribution >= 4 is 23.4 Å². The Morgan fingerprint density at radius 2 is 2.30 bits per heavy atom. The Morgan fingerprint density at radius 1 is 1.55 bits per heavy atom. The van der Waals surface area contributed by atoms with Crippen LogP contribution in [0.15, 0.2) is 12.3 Å². The molecule has 0 saturated carbocycles. The molecule has 7 heteroatoms. The third-order valence-electron chi connectivity index (χ3n) is 3.36.